The van der Waals surface area contributed by atoms with E-state index in [1.165, 1.54) is 0 Å². The number of Topliss-reactive ketones (excluding diaryl/α,β-unsaturated/α-hetero) is 1. The number of aliphatic hydroxyl groups excluding tert-OH is 1. The molecule has 2 fully saturated rings. The van der Waals surface area contributed by atoms with Crippen molar-refractivity contribution < 1.29 is 28.9 Å². The molecule has 4 rings (SSSR count). The number of aliphatic hydroxyl groups is 1. The highest BCUT2D eigenvalue weighted by molar-refractivity contribution is 6.46. The van der Waals surface area contributed by atoms with Gasteiger partial charge in [-0.3, -0.25) is 14.5 Å². The highest BCUT2D eigenvalue weighted by Crippen LogP contribution is 2.40. The lowest BCUT2D eigenvalue weighted by molar-refractivity contribution is -0.140. The molecule has 39 heavy (non-hydrogen) atoms. The molecule has 1 unspecified atom stereocenters. The quantitative estimate of drug-likeness (QED) is 0.256. The van der Waals surface area contributed by atoms with E-state index in [-0.39, 0.29) is 11.3 Å². The van der Waals surface area contributed by atoms with Gasteiger partial charge in [0.25, 0.3) is 11.7 Å². The fourth-order valence-corrected chi connectivity index (χ4v) is 5.03. The van der Waals surface area contributed by atoms with Gasteiger partial charge in [-0.05, 0) is 67.6 Å². The SMILES string of the molecule is CCOc1ccc(C2/C(=C(/O)c3ccc(OCC(C)C)c(C)c3)C(=O)C(=O)N2CCCN2CCOCC2)cc1. The first-order valence-electron chi connectivity index (χ1n) is 13.8. The lowest BCUT2D eigenvalue weighted by Crippen LogP contribution is -2.38. The third kappa shape index (κ3) is 6.81. The van der Waals surface area contributed by atoms with Crippen LogP contribution in [0.25, 0.3) is 5.76 Å². The second-order valence-corrected chi connectivity index (χ2v) is 10.5. The number of ketones is 1. The zero-order valence-electron chi connectivity index (χ0n) is 23.4. The highest BCUT2D eigenvalue weighted by atomic mass is 16.5. The molecule has 2 aliphatic heterocycles. The fourth-order valence-electron chi connectivity index (χ4n) is 5.03. The van der Waals surface area contributed by atoms with Gasteiger partial charge in [0.05, 0.1) is 38.0 Å². The van der Waals surface area contributed by atoms with E-state index in [1.54, 1.807) is 23.1 Å². The lowest BCUT2D eigenvalue weighted by atomic mass is 9.94. The molecule has 0 aromatic heterocycles. The smallest absolute Gasteiger partial charge is 0.295 e. The number of hydrogen-bond donors (Lipinski definition) is 1. The molecule has 210 valence electrons. The largest absolute Gasteiger partial charge is 0.507 e. The van der Waals surface area contributed by atoms with Crippen molar-refractivity contribution in [1.82, 2.24) is 9.80 Å². The summed E-state index contributed by atoms with van der Waals surface area (Å²) < 4.78 is 16.9. The number of hydrogen-bond acceptors (Lipinski definition) is 7. The molecule has 2 aromatic rings. The van der Waals surface area contributed by atoms with Crippen molar-refractivity contribution in [1.29, 1.82) is 0 Å². The Balaban J connectivity index is 1.66. The average molecular weight is 537 g/mol. The van der Waals surface area contributed by atoms with Gasteiger partial charge in [0.1, 0.15) is 17.3 Å². The van der Waals surface area contributed by atoms with Gasteiger partial charge in [-0.1, -0.05) is 26.0 Å². The van der Waals surface area contributed by atoms with Gasteiger partial charge in [-0.2, -0.15) is 0 Å². The van der Waals surface area contributed by atoms with Crippen LogP contribution >= 0.6 is 0 Å². The van der Waals surface area contributed by atoms with Gasteiger partial charge < -0.3 is 24.2 Å². The van der Waals surface area contributed by atoms with Gasteiger partial charge in [0, 0.05) is 31.7 Å². The van der Waals surface area contributed by atoms with Crippen molar-refractivity contribution in [2.45, 2.75) is 40.2 Å². The van der Waals surface area contributed by atoms with E-state index in [4.69, 9.17) is 14.2 Å². The van der Waals surface area contributed by atoms with E-state index in [2.05, 4.69) is 18.7 Å². The molecule has 0 saturated carbocycles. The summed E-state index contributed by atoms with van der Waals surface area (Å²) in [6, 6.07) is 12.0. The zero-order valence-corrected chi connectivity index (χ0v) is 23.4. The third-order valence-corrected chi connectivity index (χ3v) is 7.04. The maximum absolute atomic E-state index is 13.4. The molecular weight excluding hydrogens is 496 g/mol. The van der Waals surface area contributed by atoms with Gasteiger partial charge in [0.2, 0.25) is 0 Å². The first kappa shape index (κ1) is 28.6. The Morgan fingerprint density at radius 3 is 2.41 bits per heavy atom. The van der Waals surface area contributed by atoms with Crippen LogP contribution in [0, 0.1) is 12.8 Å². The second kappa shape index (κ2) is 13.1. The van der Waals surface area contributed by atoms with Crippen molar-refractivity contribution in [3.8, 4) is 11.5 Å². The van der Waals surface area contributed by atoms with E-state index in [1.807, 2.05) is 38.1 Å². The molecule has 1 N–H and O–H groups in total. The fraction of sp³-hybridized carbons (Fsp3) is 0.484. The van der Waals surface area contributed by atoms with Crippen molar-refractivity contribution in [3.63, 3.8) is 0 Å². The minimum Gasteiger partial charge on any atom is -0.507 e. The lowest BCUT2D eigenvalue weighted by Gasteiger charge is -2.29. The Bertz CT molecular complexity index is 1180. The molecule has 0 spiro atoms. The van der Waals surface area contributed by atoms with Crippen LogP contribution < -0.4 is 9.47 Å². The van der Waals surface area contributed by atoms with Crippen LogP contribution in [0.2, 0.25) is 0 Å². The van der Waals surface area contributed by atoms with Crippen LogP contribution in [0.3, 0.4) is 0 Å². The minimum absolute atomic E-state index is 0.103. The Kier molecular flexibility index (Phi) is 9.64. The number of aryl methyl sites for hydroxylation is 1. The molecule has 0 radical (unpaired) electrons. The molecule has 2 heterocycles. The molecule has 0 aliphatic carbocycles. The summed E-state index contributed by atoms with van der Waals surface area (Å²) >= 11 is 0. The molecule has 8 heteroatoms. The summed E-state index contributed by atoms with van der Waals surface area (Å²) in [4.78, 5) is 30.6. The molecule has 2 aromatic carbocycles. The molecule has 0 bridgehead atoms. The first-order chi connectivity index (χ1) is 18.8. The number of carbonyl (C=O) groups excluding carboxylic acids is 2. The zero-order chi connectivity index (χ0) is 27.9. The van der Waals surface area contributed by atoms with Crippen LogP contribution in [0.15, 0.2) is 48.0 Å². The number of carbonyl (C=O) groups is 2. The number of likely N-dealkylation sites (tertiary alicyclic amines) is 1. The van der Waals surface area contributed by atoms with Crippen LogP contribution in [-0.2, 0) is 14.3 Å². The maximum Gasteiger partial charge on any atom is 0.295 e. The minimum atomic E-state index is -0.692. The van der Waals surface area contributed by atoms with E-state index >= 15 is 0 Å². The van der Waals surface area contributed by atoms with Crippen LogP contribution in [0.1, 0.15) is 49.9 Å². The van der Waals surface area contributed by atoms with Crippen LogP contribution in [-0.4, -0.2) is 79.2 Å². The summed E-state index contributed by atoms with van der Waals surface area (Å²) in [5.41, 5.74) is 2.17. The van der Waals surface area contributed by atoms with Crippen LogP contribution in [0.5, 0.6) is 11.5 Å². The predicted octanol–water partition coefficient (Wildman–Crippen LogP) is 4.57. The summed E-state index contributed by atoms with van der Waals surface area (Å²) in [6.07, 6.45) is 0.710. The number of benzene rings is 2. The molecule has 2 saturated heterocycles. The van der Waals surface area contributed by atoms with Gasteiger partial charge in [-0.25, -0.2) is 0 Å². The Morgan fingerprint density at radius 2 is 1.77 bits per heavy atom. The van der Waals surface area contributed by atoms with Crippen molar-refractivity contribution in [2.24, 2.45) is 5.92 Å². The van der Waals surface area contributed by atoms with E-state index < -0.39 is 17.7 Å². The van der Waals surface area contributed by atoms with Gasteiger partial charge in [-0.15, -0.1) is 0 Å². The van der Waals surface area contributed by atoms with Gasteiger partial charge >= 0.3 is 0 Å². The molecular formula is C31H40N2O6. The number of ether oxygens (including phenoxy) is 3. The standard InChI is InChI=1S/C31H40N2O6/c1-5-38-25-10-7-23(8-11-25)28-27(29(34)24-9-12-26(22(4)19-24)39-20-21(2)3)30(35)31(36)33(28)14-6-13-32-15-17-37-18-16-32/h7-12,19,21,28,34H,5-6,13-18,20H2,1-4H3/b29-27-. The monoisotopic (exact) mass is 536 g/mol. The third-order valence-electron chi connectivity index (χ3n) is 7.04. The Morgan fingerprint density at radius 1 is 1.05 bits per heavy atom. The number of morpholine rings is 1. The predicted molar refractivity (Wildman–Crippen MR) is 150 cm³/mol. The Hall–Kier alpha value is -3.36. The topological polar surface area (TPSA) is 88.5 Å². The average Bonchev–Trinajstić information content (AvgIpc) is 3.18. The van der Waals surface area contributed by atoms with Crippen molar-refractivity contribution in [3.05, 3.63) is 64.7 Å². The van der Waals surface area contributed by atoms with Crippen LogP contribution in [0.4, 0.5) is 0 Å². The van der Waals surface area contributed by atoms with E-state index in [0.29, 0.717) is 56.6 Å². The number of nitrogens with zero attached hydrogens (tertiary/aromatic N) is 2. The Labute approximate surface area is 231 Å². The van der Waals surface area contributed by atoms with E-state index in [0.717, 1.165) is 36.5 Å². The normalized spacial score (nSPS) is 19.6. The summed E-state index contributed by atoms with van der Waals surface area (Å²) in [7, 11) is 0. The molecule has 1 amide bonds. The molecule has 8 nitrogen and oxygen atoms in total. The second-order valence-electron chi connectivity index (χ2n) is 10.5. The maximum atomic E-state index is 13.4. The highest BCUT2D eigenvalue weighted by Gasteiger charge is 2.45. The number of amides is 1. The number of rotatable bonds is 11. The molecule has 1 atom stereocenters. The summed E-state index contributed by atoms with van der Waals surface area (Å²) in [5, 5.41) is 11.5. The molecule has 2 aliphatic rings. The van der Waals surface area contributed by atoms with Crippen molar-refractivity contribution in [2.75, 3.05) is 52.6 Å². The summed E-state index contributed by atoms with van der Waals surface area (Å²) in [6.45, 7) is 13.4. The summed E-state index contributed by atoms with van der Waals surface area (Å²) in [5.74, 6) is 0.374. The van der Waals surface area contributed by atoms with Gasteiger partial charge in [0.15, 0.2) is 0 Å². The van der Waals surface area contributed by atoms with E-state index in [9.17, 15) is 14.7 Å². The van der Waals surface area contributed by atoms with Crippen molar-refractivity contribution >= 4 is 17.4 Å². The first-order valence-corrected chi connectivity index (χ1v) is 13.8.